The molecule has 0 saturated heterocycles. The first-order valence-electron chi connectivity index (χ1n) is 6.64. The van der Waals surface area contributed by atoms with Gasteiger partial charge >= 0.3 is 5.97 Å². The topological polar surface area (TPSA) is 66.4 Å². The molecule has 0 aliphatic heterocycles. The summed E-state index contributed by atoms with van der Waals surface area (Å²) in [6.45, 7) is 0. The van der Waals surface area contributed by atoms with Crippen molar-refractivity contribution in [3.8, 4) is 0 Å². The Kier molecular flexibility index (Phi) is 5.38. The number of amides is 1. The summed E-state index contributed by atoms with van der Waals surface area (Å²) in [7, 11) is 0. The fraction of sp³-hybridized carbons (Fsp3) is 0.333. The van der Waals surface area contributed by atoms with Crippen molar-refractivity contribution < 1.29 is 19.1 Å². The first kappa shape index (κ1) is 15.6. The molecule has 112 valence electrons. The highest BCUT2D eigenvalue weighted by Gasteiger charge is 2.25. The molecule has 0 heterocycles. The average molecular weight is 309 g/mol. The molecule has 2 atom stereocenters. The lowest BCUT2D eigenvalue weighted by Crippen LogP contribution is -2.33. The number of benzene rings is 1. The van der Waals surface area contributed by atoms with Gasteiger partial charge in [-0.15, -0.1) is 11.8 Å². The number of carboxylic acids is 1. The monoisotopic (exact) mass is 309 g/mol. The lowest BCUT2D eigenvalue weighted by atomic mass is 10.1. The molecule has 0 saturated carbocycles. The first-order valence-corrected chi connectivity index (χ1v) is 7.62. The standard InChI is InChI=1S/C15H16FNO3S/c16-12-3-1-2-4-13(12)21-8-7-14(18)17-11-6-5-10(9-11)15(19)20/h1-6,10-11H,7-9H2,(H,17,18)(H,19,20). The molecule has 0 radical (unpaired) electrons. The van der Waals surface area contributed by atoms with Gasteiger partial charge in [0, 0.05) is 23.1 Å². The van der Waals surface area contributed by atoms with E-state index in [4.69, 9.17) is 5.11 Å². The van der Waals surface area contributed by atoms with Gasteiger partial charge in [0.2, 0.25) is 5.91 Å². The minimum Gasteiger partial charge on any atom is -0.481 e. The summed E-state index contributed by atoms with van der Waals surface area (Å²) in [4.78, 5) is 23.1. The summed E-state index contributed by atoms with van der Waals surface area (Å²) in [6.07, 6.45) is 3.96. The summed E-state index contributed by atoms with van der Waals surface area (Å²) < 4.78 is 13.4. The maximum Gasteiger partial charge on any atom is 0.310 e. The number of carbonyl (C=O) groups excluding carboxylic acids is 1. The molecule has 0 aromatic heterocycles. The summed E-state index contributed by atoms with van der Waals surface area (Å²) in [5.41, 5.74) is 0. The smallest absolute Gasteiger partial charge is 0.310 e. The van der Waals surface area contributed by atoms with Crippen molar-refractivity contribution in [1.82, 2.24) is 5.32 Å². The number of aliphatic carboxylic acids is 1. The minimum atomic E-state index is -0.877. The van der Waals surface area contributed by atoms with Gasteiger partial charge in [0.25, 0.3) is 0 Å². The highest BCUT2D eigenvalue weighted by Crippen LogP contribution is 2.22. The van der Waals surface area contributed by atoms with E-state index in [1.807, 2.05) is 0 Å². The number of halogens is 1. The van der Waals surface area contributed by atoms with Crippen molar-refractivity contribution in [2.24, 2.45) is 5.92 Å². The van der Waals surface area contributed by atoms with Crippen molar-refractivity contribution in [1.29, 1.82) is 0 Å². The van der Waals surface area contributed by atoms with E-state index in [2.05, 4.69) is 5.32 Å². The van der Waals surface area contributed by atoms with E-state index in [1.54, 1.807) is 30.4 Å². The Hall–Kier alpha value is -1.82. The fourth-order valence-electron chi connectivity index (χ4n) is 2.08. The van der Waals surface area contributed by atoms with Crippen LogP contribution in [0.1, 0.15) is 12.8 Å². The number of rotatable bonds is 6. The molecule has 2 N–H and O–H groups in total. The van der Waals surface area contributed by atoms with Crippen LogP contribution in [0.5, 0.6) is 0 Å². The van der Waals surface area contributed by atoms with Crippen molar-refractivity contribution in [3.63, 3.8) is 0 Å². The van der Waals surface area contributed by atoms with Crippen molar-refractivity contribution >= 4 is 23.6 Å². The van der Waals surface area contributed by atoms with Gasteiger partial charge in [-0.3, -0.25) is 9.59 Å². The van der Waals surface area contributed by atoms with Crippen LogP contribution in [-0.4, -0.2) is 28.8 Å². The molecule has 0 fully saturated rings. The highest BCUT2D eigenvalue weighted by molar-refractivity contribution is 7.99. The predicted octanol–water partition coefficient (Wildman–Crippen LogP) is 2.45. The maximum atomic E-state index is 13.4. The Morgan fingerprint density at radius 2 is 2.10 bits per heavy atom. The molecular weight excluding hydrogens is 293 g/mol. The number of hydrogen-bond donors (Lipinski definition) is 2. The molecule has 1 aliphatic carbocycles. The highest BCUT2D eigenvalue weighted by atomic mass is 32.2. The second kappa shape index (κ2) is 7.26. The van der Waals surface area contributed by atoms with Crippen LogP contribution in [0.3, 0.4) is 0 Å². The van der Waals surface area contributed by atoms with E-state index in [-0.39, 0.29) is 24.2 Å². The lowest BCUT2D eigenvalue weighted by molar-refractivity contribution is -0.140. The van der Waals surface area contributed by atoms with Crippen LogP contribution in [-0.2, 0) is 9.59 Å². The summed E-state index contributed by atoms with van der Waals surface area (Å²) in [6, 6.07) is 6.21. The third kappa shape index (κ3) is 4.60. The summed E-state index contributed by atoms with van der Waals surface area (Å²) >= 11 is 1.29. The number of hydrogen-bond acceptors (Lipinski definition) is 3. The Balaban J connectivity index is 1.70. The molecule has 0 spiro atoms. The van der Waals surface area contributed by atoms with E-state index >= 15 is 0 Å². The van der Waals surface area contributed by atoms with Crippen LogP contribution in [0, 0.1) is 11.7 Å². The first-order chi connectivity index (χ1) is 10.1. The van der Waals surface area contributed by atoms with Crippen LogP contribution in [0.25, 0.3) is 0 Å². The molecule has 1 amide bonds. The fourth-order valence-corrected chi connectivity index (χ4v) is 2.97. The van der Waals surface area contributed by atoms with Crippen LogP contribution < -0.4 is 5.32 Å². The van der Waals surface area contributed by atoms with E-state index < -0.39 is 11.9 Å². The van der Waals surface area contributed by atoms with Gasteiger partial charge in [0.1, 0.15) is 5.82 Å². The Morgan fingerprint density at radius 3 is 2.76 bits per heavy atom. The van der Waals surface area contributed by atoms with E-state index in [1.165, 1.54) is 17.8 Å². The van der Waals surface area contributed by atoms with Gasteiger partial charge in [-0.05, 0) is 18.6 Å². The second-order valence-corrected chi connectivity index (χ2v) is 5.90. The van der Waals surface area contributed by atoms with Crippen LogP contribution in [0.2, 0.25) is 0 Å². The molecule has 1 aromatic rings. The van der Waals surface area contributed by atoms with Crippen LogP contribution in [0.15, 0.2) is 41.3 Å². The summed E-state index contributed by atoms with van der Waals surface area (Å²) in [5, 5.41) is 11.6. The van der Waals surface area contributed by atoms with Gasteiger partial charge in [0.05, 0.1) is 5.92 Å². The Labute approximate surface area is 126 Å². The van der Waals surface area contributed by atoms with Gasteiger partial charge < -0.3 is 10.4 Å². The molecule has 0 bridgehead atoms. The number of nitrogens with one attached hydrogen (secondary N) is 1. The second-order valence-electron chi connectivity index (χ2n) is 4.77. The molecule has 1 aromatic carbocycles. The lowest BCUT2D eigenvalue weighted by Gasteiger charge is -2.12. The van der Waals surface area contributed by atoms with Crippen molar-refractivity contribution in [2.45, 2.75) is 23.8 Å². The molecule has 2 rings (SSSR count). The molecule has 6 heteroatoms. The third-order valence-electron chi connectivity index (χ3n) is 3.17. The van der Waals surface area contributed by atoms with Crippen LogP contribution >= 0.6 is 11.8 Å². The van der Waals surface area contributed by atoms with Crippen molar-refractivity contribution in [2.75, 3.05) is 5.75 Å². The Bertz CT molecular complexity index is 562. The van der Waals surface area contributed by atoms with Gasteiger partial charge in [-0.25, -0.2) is 4.39 Å². The van der Waals surface area contributed by atoms with Gasteiger partial charge in [-0.1, -0.05) is 24.3 Å². The zero-order chi connectivity index (χ0) is 15.2. The average Bonchev–Trinajstić information content (AvgIpc) is 2.89. The molecule has 1 aliphatic rings. The van der Waals surface area contributed by atoms with E-state index in [9.17, 15) is 14.0 Å². The zero-order valence-electron chi connectivity index (χ0n) is 11.3. The van der Waals surface area contributed by atoms with E-state index in [0.717, 1.165) is 0 Å². The quantitative estimate of drug-likeness (QED) is 0.626. The van der Waals surface area contributed by atoms with Crippen LogP contribution in [0.4, 0.5) is 4.39 Å². The maximum absolute atomic E-state index is 13.4. The Morgan fingerprint density at radius 1 is 1.33 bits per heavy atom. The third-order valence-corrected chi connectivity index (χ3v) is 4.22. The zero-order valence-corrected chi connectivity index (χ0v) is 12.1. The number of carboxylic acid groups (broad SMARTS) is 1. The number of carbonyl (C=O) groups is 2. The molecule has 2 unspecified atom stereocenters. The number of thioether (sulfide) groups is 1. The molecule has 4 nitrogen and oxygen atoms in total. The minimum absolute atomic E-state index is 0.153. The van der Waals surface area contributed by atoms with Gasteiger partial charge in [-0.2, -0.15) is 0 Å². The van der Waals surface area contributed by atoms with E-state index in [0.29, 0.717) is 17.1 Å². The predicted molar refractivity (Wildman–Crippen MR) is 78.6 cm³/mol. The SMILES string of the molecule is O=C(CCSc1ccccc1F)NC1C=CC(C(=O)O)C1. The summed E-state index contributed by atoms with van der Waals surface area (Å²) in [5.74, 6) is -1.36. The van der Waals surface area contributed by atoms with Crippen molar-refractivity contribution in [3.05, 3.63) is 42.2 Å². The normalized spacial score (nSPS) is 20.4. The molecule has 21 heavy (non-hydrogen) atoms. The largest absolute Gasteiger partial charge is 0.481 e. The molecular formula is C15H16FNO3S. The van der Waals surface area contributed by atoms with Gasteiger partial charge in [0.15, 0.2) is 0 Å².